The van der Waals surface area contributed by atoms with E-state index in [-0.39, 0.29) is 4.90 Å². The Kier molecular flexibility index (Phi) is 14.2. The number of hydrogen-bond acceptors (Lipinski definition) is 3. The molecule has 0 fully saturated rings. The van der Waals surface area contributed by atoms with E-state index in [2.05, 4.69) is 54.7 Å². The molecule has 0 aromatic heterocycles. The molecule has 8 rings (SSSR count). The normalized spacial score (nSPS) is 12.3. The van der Waals surface area contributed by atoms with Crippen molar-refractivity contribution in [2.24, 2.45) is 5.73 Å². The second-order valence-electron chi connectivity index (χ2n) is 14.2. The van der Waals surface area contributed by atoms with Crippen LogP contribution in [-0.4, -0.2) is 8.42 Å². The van der Waals surface area contributed by atoms with E-state index in [1.165, 1.54) is 11.1 Å². The van der Waals surface area contributed by atoms with Crippen molar-refractivity contribution in [1.29, 1.82) is 0 Å². The number of fused-ring (bicyclic) bond motifs is 2. The first-order valence-electron chi connectivity index (χ1n) is 18.8. The zero-order valence-corrected chi connectivity index (χ0v) is 35.4. The quantitative estimate of drug-likeness (QED) is 0.147. The molecule has 0 aliphatic heterocycles. The first-order valence-corrected chi connectivity index (χ1v) is 22.5. The number of aryl methyl sites for hydroxylation is 1. The van der Waals surface area contributed by atoms with Gasteiger partial charge in [-0.1, -0.05) is 219 Å². The third-order valence-electron chi connectivity index (χ3n) is 10.1. The molecule has 0 radical (unpaired) electrons. The summed E-state index contributed by atoms with van der Waals surface area (Å²) in [6, 6.07) is 59.7. The second kappa shape index (κ2) is 19.5. The number of benzene rings is 8. The van der Waals surface area contributed by atoms with Crippen molar-refractivity contribution in [2.75, 3.05) is 0 Å². The Morgan fingerprint density at radius 2 is 0.947 bits per heavy atom. The van der Waals surface area contributed by atoms with Gasteiger partial charge in [0.25, 0.3) is 0 Å². The molecule has 0 spiro atoms. The maximum absolute atomic E-state index is 14.9. The Labute approximate surface area is 351 Å². The van der Waals surface area contributed by atoms with Gasteiger partial charge in [0.2, 0.25) is 0 Å². The summed E-state index contributed by atoms with van der Waals surface area (Å²) in [6.45, 7) is 6.54. The molecule has 0 saturated heterocycles. The summed E-state index contributed by atoms with van der Waals surface area (Å²) in [7, 11) is 0.274. The van der Waals surface area contributed by atoms with E-state index in [9.17, 15) is 8.42 Å². The van der Waals surface area contributed by atoms with E-state index in [1.807, 2.05) is 181 Å². The monoisotopic (exact) mass is 874 g/mol. The second-order valence-corrected chi connectivity index (χ2v) is 15.7. The Morgan fingerprint density at radius 1 is 0.526 bits per heavy atom. The third-order valence-corrected chi connectivity index (χ3v) is 11.6. The SMILES string of the molecule is Cc1ccc(C(C)C)cc1.N[C@H](c1cccc2ccccc12)[C@H]([N-]S(=O)(=O)c1c(-c2ccccc2)cccc1-c1ccccc1)c1cccc2ccccc12.[Cl][Ru+]. The van der Waals surface area contributed by atoms with E-state index >= 15 is 0 Å². The molecule has 2 atom stereocenters. The Hall–Kier alpha value is -4.94. The van der Waals surface area contributed by atoms with Crippen LogP contribution in [0.4, 0.5) is 0 Å². The van der Waals surface area contributed by atoms with Gasteiger partial charge in [-0.25, -0.2) is 8.42 Å². The molecule has 288 valence electrons. The summed E-state index contributed by atoms with van der Waals surface area (Å²) < 4.78 is 34.6. The molecule has 0 unspecified atom stereocenters. The van der Waals surface area contributed by atoms with Crippen LogP contribution in [-0.2, 0) is 27.3 Å². The predicted molar refractivity (Wildman–Crippen MR) is 237 cm³/mol. The van der Waals surface area contributed by atoms with E-state index in [0.717, 1.165) is 43.8 Å². The minimum atomic E-state index is -4.30. The average Bonchev–Trinajstić information content (AvgIpc) is 3.26. The molecule has 0 aliphatic rings. The van der Waals surface area contributed by atoms with Crippen molar-refractivity contribution in [3.63, 3.8) is 0 Å². The third kappa shape index (κ3) is 9.79. The maximum atomic E-state index is 14.9. The Morgan fingerprint density at radius 3 is 1.46 bits per heavy atom. The van der Waals surface area contributed by atoms with Crippen LogP contribution in [0.1, 0.15) is 54.1 Å². The van der Waals surface area contributed by atoms with Gasteiger partial charge in [0.05, 0.1) is 4.90 Å². The fraction of sp³-hybridized carbons (Fsp3) is 0.120. The van der Waals surface area contributed by atoms with Crippen LogP contribution < -0.4 is 5.73 Å². The van der Waals surface area contributed by atoms with Crippen LogP contribution in [0.2, 0.25) is 0 Å². The number of sulfonamides is 1. The average molecular weight is 875 g/mol. The van der Waals surface area contributed by atoms with Crippen molar-refractivity contribution >= 4 is 41.3 Å². The molecule has 8 aromatic carbocycles. The topological polar surface area (TPSA) is 74.3 Å². The van der Waals surface area contributed by atoms with Crippen LogP contribution in [0.25, 0.3) is 48.5 Å². The molecule has 0 saturated carbocycles. The number of nitrogens with two attached hydrogens (primary N) is 1. The minimum absolute atomic E-state index is 0.165. The predicted octanol–water partition coefficient (Wildman–Crippen LogP) is 13.6. The molecule has 4 nitrogen and oxygen atoms in total. The van der Waals surface area contributed by atoms with Gasteiger partial charge in [-0.15, -0.1) is 0 Å². The molecule has 0 heterocycles. The molecule has 8 aromatic rings. The number of hydrogen-bond donors (Lipinski definition) is 1. The first kappa shape index (κ1) is 41.7. The summed E-state index contributed by atoms with van der Waals surface area (Å²) in [5.74, 6) is 0.653. The van der Waals surface area contributed by atoms with Gasteiger partial charge in [-0.05, 0) is 67.8 Å². The van der Waals surface area contributed by atoms with Gasteiger partial charge in [-0.2, -0.15) is 0 Å². The van der Waals surface area contributed by atoms with Crippen molar-refractivity contribution in [3.8, 4) is 22.3 Å². The number of rotatable bonds is 9. The summed E-state index contributed by atoms with van der Waals surface area (Å²) in [6.07, 6.45) is 0. The Balaban J connectivity index is 0.000000397. The van der Waals surface area contributed by atoms with E-state index in [1.54, 1.807) is 0 Å². The van der Waals surface area contributed by atoms with E-state index in [0.29, 0.717) is 17.0 Å². The molecular weight excluding hydrogens is 829 g/mol. The zero-order chi connectivity index (χ0) is 40.4. The molecule has 2 N–H and O–H groups in total. The van der Waals surface area contributed by atoms with Gasteiger partial charge in [0.15, 0.2) is 0 Å². The van der Waals surface area contributed by atoms with Crippen molar-refractivity contribution < 1.29 is 25.7 Å². The van der Waals surface area contributed by atoms with Crippen LogP contribution in [0.5, 0.6) is 0 Å². The zero-order valence-electron chi connectivity index (χ0n) is 32.1. The van der Waals surface area contributed by atoms with Crippen LogP contribution in [0.3, 0.4) is 0 Å². The summed E-state index contributed by atoms with van der Waals surface area (Å²) >= 11 is 1.82. The first-order chi connectivity index (χ1) is 27.7. The number of halogens is 1. The molecule has 0 amide bonds. The van der Waals surface area contributed by atoms with E-state index < -0.39 is 22.1 Å². The van der Waals surface area contributed by atoms with Crippen LogP contribution >= 0.6 is 9.69 Å². The Bertz CT molecular complexity index is 2590. The van der Waals surface area contributed by atoms with Crippen LogP contribution in [0, 0.1) is 6.92 Å². The van der Waals surface area contributed by atoms with Crippen molar-refractivity contribution in [2.45, 2.75) is 43.7 Å². The van der Waals surface area contributed by atoms with Gasteiger partial charge in [0.1, 0.15) is 10.0 Å². The summed E-state index contributed by atoms with van der Waals surface area (Å²) in [5, 5.41) is 3.91. The molecular formula is C50H45ClN2O2RuS. The fourth-order valence-electron chi connectivity index (χ4n) is 7.19. The number of nitrogens with zero attached hydrogens (tertiary/aromatic N) is 1. The molecule has 7 heteroatoms. The summed E-state index contributed by atoms with van der Waals surface area (Å²) in [4.78, 5) is 0.165. The van der Waals surface area contributed by atoms with Gasteiger partial charge in [0, 0.05) is 6.04 Å². The molecule has 0 aliphatic carbocycles. The molecule has 57 heavy (non-hydrogen) atoms. The van der Waals surface area contributed by atoms with Crippen molar-refractivity contribution in [1.82, 2.24) is 0 Å². The van der Waals surface area contributed by atoms with Gasteiger partial charge < -0.3 is 10.5 Å². The standard InChI is InChI=1S/C40H31N2O2S.C10H14.ClH.Ru/c41-38(36-26-11-20-28-18-7-9-22-32(28)36)39(37-27-12-21-29-19-8-10-23-33(29)37)42-45(43,44)40-34(30-14-3-1-4-15-30)24-13-25-35(40)31-16-5-2-6-17-31;1-8(2)10-6-4-9(3)5-7-10;;/h1-27,38-39H,41H2;4-8H,1-3H3;1H;/q-1;;;+2/p-1/t38-,39-;;;/m1.../s1. The molecule has 0 bridgehead atoms. The van der Waals surface area contributed by atoms with Gasteiger partial charge >= 0.3 is 27.0 Å². The summed E-state index contributed by atoms with van der Waals surface area (Å²) in [5.41, 5.74) is 14.3. The van der Waals surface area contributed by atoms with Crippen LogP contribution in [0.15, 0.2) is 193 Å². The van der Waals surface area contributed by atoms with Crippen molar-refractivity contribution in [3.05, 3.63) is 215 Å². The van der Waals surface area contributed by atoms with Gasteiger partial charge in [-0.3, -0.25) is 0 Å². The van der Waals surface area contributed by atoms with E-state index in [4.69, 9.17) is 10.5 Å². The fourth-order valence-corrected chi connectivity index (χ4v) is 8.77.